The van der Waals surface area contributed by atoms with E-state index in [9.17, 15) is 13.2 Å². The third-order valence-electron chi connectivity index (χ3n) is 4.10. The van der Waals surface area contributed by atoms with Crippen molar-refractivity contribution in [3.8, 4) is 11.1 Å². The molecule has 4 aromatic rings. The second kappa shape index (κ2) is 4.62. The molecule has 2 aromatic carbocycles. The third kappa shape index (κ3) is 2.10. The number of H-pyrrole nitrogens is 1. The van der Waals surface area contributed by atoms with Gasteiger partial charge in [-0.1, -0.05) is 12.1 Å². The van der Waals surface area contributed by atoms with Gasteiger partial charge in [0.05, 0.1) is 17.3 Å². The molecule has 0 spiro atoms. The first-order valence-electron chi connectivity index (χ1n) is 7.04. The lowest BCUT2D eigenvalue weighted by molar-refractivity contribution is -0.137. The molecule has 0 saturated heterocycles. The highest BCUT2D eigenvalue weighted by Gasteiger charge is 2.32. The van der Waals surface area contributed by atoms with Crippen LogP contribution in [0.4, 0.5) is 13.2 Å². The average Bonchev–Trinajstić information content (AvgIpc) is 3.12. The first-order valence-corrected chi connectivity index (χ1v) is 7.04. The monoisotopic (exact) mass is 315 g/mol. The number of aryl methyl sites for hydroxylation is 1. The highest BCUT2D eigenvalue weighted by Crippen LogP contribution is 2.38. The van der Waals surface area contributed by atoms with E-state index in [1.54, 1.807) is 6.20 Å². The molecule has 116 valence electrons. The van der Waals surface area contributed by atoms with Crippen LogP contribution < -0.4 is 0 Å². The first kappa shape index (κ1) is 13.9. The Morgan fingerprint density at radius 3 is 2.65 bits per heavy atom. The van der Waals surface area contributed by atoms with Crippen LogP contribution in [0, 0.1) is 0 Å². The summed E-state index contributed by atoms with van der Waals surface area (Å²) in [5.41, 5.74) is 1.96. The quantitative estimate of drug-likeness (QED) is 0.541. The Balaban J connectivity index is 2.09. The number of nitrogens with zero attached hydrogens (tertiary/aromatic N) is 2. The fourth-order valence-electron chi connectivity index (χ4n) is 2.97. The Morgan fingerprint density at radius 2 is 1.87 bits per heavy atom. The molecule has 6 heteroatoms. The number of aromatic amines is 1. The van der Waals surface area contributed by atoms with Crippen LogP contribution in [0.5, 0.6) is 0 Å². The first-order chi connectivity index (χ1) is 10.9. The minimum absolute atomic E-state index is 0.378. The van der Waals surface area contributed by atoms with Crippen molar-refractivity contribution < 1.29 is 13.2 Å². The number of hydrogen-bond donors (Lipinski definition) is 1. The van der Waals surface area contributed by atoms with E-state index < -0.39 is 11.7 Å². The molecular weight excluding hydrogens is 303 g/mol. The van der Waals surface area contributed by atoms with Crippen molar-refractivity contribution in [3.63, 3.8) is 0 Å². The van der Waals surface area contributed by atoms with Gasteiger partial charge in [0, 0.05) is 29.5 Å². The number of fused-ring (bicyclic) bond motifs is 2. The number of rotatable bonds is 1. The molecule has 0 aliphatic rings. The molecule has 3 nitrogen and oxygen atoms in total. The Bertz CT molecular complexity index is 1020. The summed E-state index contributed by atoms with van der Waals surface area (Å²) in [6, 6.07) is 9.83. The fraction of sp³-hybridized carbons (Fsp3) is 0.118. The smallest absolute Gasteiger partial charge is 0.351 e. The predicted molar refractivity (Wildman–Crippen MR) is 83.0 cm³/mol. The van der Waals surface area contributed by atoms with Gasteiger partial charge in [0.2, 0.25) is 0 Å². The number of benzene rings is 2. The van der Waals surface area contributed by atoms with Crippen molar-refractivity contribution in [2.75, 3.05) is 0 Å². The highest BCUT2D eigenvalue weighted by atomic mass is 19.4. The van der Waals surface area contributed by atoms with Gasteiger partial charge in [0.25, 0.3) is 0 Å². The van der Waals surface area contributed by atoms with Gasteiger partial charge in [-0.05, 0) is 35.4 Å². The van der Waals surface area contributed by atoms with Crippen molar-refractivity contribution in [3.05, 3.63) is 54.4 Å². The van der Waals surface area contributed by atoms with Crippen LogP contribution in [-0.4, -0.2) is 14.8 Å². The SMILES string of the molecule is Cn1ccc2c(-c3cc(C(F)(F)F)cc4[nH]ncc34)cccc21. The van der Waals surface area contributed by atoms with Gasteiger partial charge >= 0.3 is 6.18 Å². The standard InChI is InChI=1S/C17H12F3N3/c1-23-6-5-12-11(3-2-4-16(12)23)13-7-10(17(18,19)20)8-15-14(13)9-21-22-15/h2-9H,1H3,(H,21,22). The second-order valence-corrected chi connectivity index (χ2v) is 5.52. The summed E-state index contributed by atoms with van der Waals surface area (Å²) in [5.74, 6) is 0. The maximum absolute atomic E-state index is 13.2. The zero-order chi connectivity index (χ0) is 16.2. The van der Waals surface area contributed by atoms with E-state index >= 15 is 0 Å². The molecule has 0 aliphatic carbocycles. The van der Waals surface area contributed by atoms with Gasteiger partial charge in [-0.2, -0.15) is 18.3 Å². The van der Waals surface area contributed by atoms with Crippen LogP contribution in [0.1, 0.15) is 5.56 Å². The van der Waals surface area contributed by atoms with Crippen LogP contribution in [0.3, 0.4) is 0 Å². The lowest BCUT2D eigenvalue weighted by Crippen LogP contribution is -2.05. The molecule has 1 N–H and O–H groups in total. The largest absolute Gasteiger partial charge is 0.416 e. The molecule has 0 bridgehead atoms. The summed E-state index contributed by atoms with van der Waals surface area (Å²) in [6.45, 7) is 0. The molecule has 0 amide bonds. The molecular formula is C17H12F3N3. The molecule has 4 rings (SSSR count). The maximum atomic E-state index is 13.2. The summed E-state index contributed by atoms with van der Waals surface area (Å²) >= 11 is 0. The van der Waals surface area contributed by atoms with Gasteiger partial charge in [0.1, 0.15) is 0 Å². The normalized spacial score (nSPS) is 12.3. The van der Waals surface area contributed by atoms with E-state index in [0.717, 1.165) is 22.5 Å². The van der Waals surface area contributed by atoms with Crippen LogP contribution in [0.25, 0.3) is 32.9 Å². The van der Waals surface area contributed by atoms with E-state index in [0.29, 0.717) is 16.5 Å². The Morgan fingerprint density at radius 1 is 1.04 bits per heavy atom. The van der Waals surface area contributed by atoms with Gasteiger partial charge in [-0.15, -0.1) is 0 Å². The highest BCUT2D eigenvalue weighted by molar-refractivity contribution is 6.04. The lowest BCUT2D eigenvalue weighted by Gasteiger charge is -2.11. The molecule has 2 heterocycles. The third-order valence-corrected chi connectivity index (χ3v) is 4.10. The van der Waals surface area contributed by atoms with Crippen LogP contribution in [0.15, 0.2) is 48.8 Å². The van der Waals surface area contributed by atoms with Crippen molar-refractivity contribution >= 4 is 21.8 Å². The van der Waals surface area contributed by atoms with E-state index in [2.05, 4.69) is 10.2 Å². The maximum Gasteiger partial charge on any atom is 0.416 e. The van der Waals surface area contributed by atoms with Crippen LogP contribution in [-0.2, 0) is 13.2 Å². The van der Waals surface area contributed by atoms with Crippen molar-refractivity contribution in [1.29, 1.82) is 0 Å². The molecule has 0 saturated carbocycles. The molecule has 2 aromatic heterocycles. The zero-order valence-corrected chi connectivity index (χ0v) is 12.1. The Labute approximate surface area is 129 Å². The predicted octanol–water partition coefficient (Wildman–Crippen LogP) is 4.74. The fourth-order valence-corrected chi connectivity index (χ4v) is 2.97. The lowest BCUT2D eigenvalue weighted by atomic mass is 9.96. The van der Waals surface area contributed by atoms with E-state index in [1.165, 1.54) is 6.07 Å². The summed E-state index contributed by atoms with van der Waals surface area (Å²) in [4.78, 5) is 0. The molecule has 0 radical (unpaired) electrons. The van der Waals surface area contributed by atoms with Crippen LogP contribution >= 0.6 is 0 Å². The van der Waals surface area contributed by atoms with E-state index in [1.807, 2.05) is 42.1 Å². The summed E-state index contributed by atoms with van der Waals surface area (Å²) < 4.78 is 41.5. The number of hydrogen-bond acceptors (Lipinski definition) is 1. The number of halogens is 3. The van der Waals surface area contributed by atoms with Gasteiger partial charge < -0.3 is 4.57 Å². The molecule has 0 atom stereocenters. The topological polar surface area (TPSA) is 33.6 Å². The summed E-state index contributed by atoms with van der Waals surface area (Å²) in [5, 5.41) is 8.13. The van der Waals surface area contributed by atoms with Crippen molar-refractivity contribution in [2.24, 2.45) is 7.05 Å². The molecule has 0 fully saturated rings. The molecule has 0 aliphatic heterocycles. The zero-order valence-electron chi connectivity index (χ0n) is 12.1. The van der Waals surface area contributed by atoms with Gasteiger partial charge in [-0.25, -0.2) is 0 Å². The Hall–Kier alpha value is -2.76. The van der Waals surface area contributed by atoms with Gasteiger partial charge in [-0.3, -0.25) is 5.10 Å². The molecule has 0 unspecified atom stereocenters. The van der Waals surface area contributed by atoms with Crippen molar-refractivity contribution in [2.45, 2.75) is 6.18 Å². The minimum Gasteiger partial charge on any atom is -0.351 e. The average molecular weight is 315 g/mol. The molecule has 23 heavy (non-hydrogen) atoms. The number of alkyl halides is 3. The Kier molecular flexibility index (Phi) is 2.78. The van der Waals surface area contributed by atoms with Gasteiger partial charge in [0.15, 0.2) is 0 Å². The van der Waals surface area contributed by atoms with Crippen LogP contribution in [0.2, 0.25) is 0 Å². The summed E-state index contributed by atoms with van der Waals surface area (Å²) in [6.07, 6.45) is -0.945. The van der Waals surface area contributed by atoms with E-state index in [4.69, 9.17) is 0 Å². The minimum atomic E-state index is -4.40. The summed E-state index contributed by atoms with van der Waals surface area (Å²) in [7, 11) is 1.91. The second-order valence-electron chi connectivity index (χ2n) is 5.52. The van der Waals surface area contributed by atoms with Crippen molar-refractivity contribution in [1.82, 2.24) is 14.8 Å². The van der Waals surface area contributed by atoms with E-state index in [-0.39, 0.29) is 0 Å². The number of nitrogens with one attached hydrogen (secondary N) is 1. The number of aromatic nitrogens is 3.